The molecule has 0 saturated carbocycles. The van der Waals surface area contributed by atoms with E-state index in [2.05, 4.69) is 9.68 Å². The summed E-state index contributed by atoms with van der Waals surface area (Å²) < 4.78 is 21.2. The third-order valence-corrected chi connectivity index (χ3v) is 4.58. The number of esters is 1. The number of aromatic carboxylic acids is 1. The summed E-state index contributed by atoms with van der Waals surface area (Å²) in [5.41, 5.74) is 0.109. The van der Waals surface area contributed by atoms with Gasteiger partial charge in [-0.15, -0.1) is 20.2 Å². The van der Waals surface area contributed by atoms with Crippen LogP contribution in [-0.2, 0) is 14.4 Å². The van der Waals surface area contributed by atoms with Crippen LogP contribution in [0.15, 0.2) is 36.4 Å². The van der Waals surface area contributed by atoms with E-state index in [1.54, 1.807) is 32.0 Å². The second-order valence-corrected chi connectivity index (χ2v) is 8.05. The van der Waals surface area contributed by atoms with Gasteiger partial charge in [-0.3, -0.25) is 0 Å². The number of rotatable bonds is 13. The van der Waals surface area contributed by atoms with Crippen molar-refractivity contribution in [2.45, 2.75) is 32.5 Å². The van der Waals surface area contributed by atoms with Crippen LogP contribution in [0.2, 0.25) is 0 Å². The number of nitrogens with zero attached hydrogens (tertiary/aromatic N) is 2. The lowest BCUT2D eigenvalue weighted by Crippen LogP contribution is -2.38. The normalized spacial score (nSPS) is 12.8. The summed E-state index contributed by atoms with van der Waals surface area (Å²) in [7, 11) is 0. The Hall–Kier alpha value is -5.02. The number of benzene rings is 2. The van der Waals surface area contributed by atoms with Crippen molar-refractivity contribution in [3.05, 3.63) is 67.8 Å². The summed E-state index contributed by atoms with van der Waals surface area (Å²) in [6, 6.07) is 8.51. The lowest BCUT2D eigenvalue weighted by atomic mass is 10.1. The van der Waals surface area contributed by atoms with Crippen LogP contribution in [0, 0.1) is 20.2 Å². The Morgan fingerprint density at radius 3 is 1.95 bits per heavy atom. The van der Waals surface area contributed by atoms with Gasteiger partial charge in [-0.2, -0.15) is 0 Å². The first-order valence-electron chi connectivity index (χ1n) is 11.3. The quantitative estimate of drug-likeness (QED) is 0.157. The van der Waals surface area contributed by atoms with Crippen molar-refractivity contribution in [2.24, 2.45) is 0 Å². The van der Waals surface area contributed by atoms with Crippen LogP contribution in [0.1, 0.15) is 47.4 Å². The van der Waals surface area contributed by atoms with Gasteiger partial charge >= 0.3 is 11.9 Å². The topological polar surface area (TPSA) is 216 Å². The molecule has 1 aliphatic rings. The van der Waals surface area contributed by atoms with Crippen LogP contribution in [-0.4, -0.2) is 64.5 Å². The highest BCUT2D eigenvalue weighted by Crippen LogP contribution is 2.34. The summed E-state index contributed by atoms with van der Waals surface area (Å²) in [4.78, 5) is 50.4. The first kappa shape index (κ1) is 30.2. The Balaban J connectivity index is 0.000000277. The van der Waals surface area contributed by atoms with E-state index >= 15 is 0 Å². The van der Waals surface area contributed by atoms with Crippen molar-refractivity contribution in [1.82, 2.24) is 0 Å². The average molecular weight is 554 g/mol. The zero-order valence-corrected chi connectivity index (χ0v) is 20.9. The molecule has 1 heterocycles. The third-order valence-electron chi connectivity index (χ3n) is 4.58. The van der Waals surface area contributed by atoms with Gasteiger partial charge in [-0.1, -0.05) is 0 Å². The number of hydrogen-bond donors (Lipinski definition) is 2. The fourth-order valence-electron chi connectivity index (χ4n) is 2.97. The molecule has 0 atom stereocenters. The molecule has 0 spiro atoms. The fraction of sp³-hybridized carbons (Fsp3) is 0.391. The highest BCUT2D eigenvalue weighted by molar-refractivity contribution is 5.94. The lowest BCUT2D eigenvalue weighted by Gasteiger charge is -2.31. The van der Waals surface area contributed by atoms with Gasteiger partial charge in [-0.05, 0) is 24.3 Å². The second-order valence-electron chi connectivity index (χ2n) is 8.05. The number of carbonyl (C=O) groups is 2. The van der Waals surface area contributed by atoms with Gasteiger partial charge in [0.2, 0.25) is 5.79 Å². The summed E-state index contributed by atoms with van der Waals surface area (Å²) in [6.07, 6.45) is 0.662. The standard InChI is InChI=1S/C13H15NO7.C10H11NO7/c1-13(2)20-11-8-9(4-5-10(11)12(15)21-13)18-6-3-7-19-14(16)17;12-9-6-7(2-3-8(9)10(13)14)17-4-1-5-18-11(15)16/h4-5,8H,3,6-7H2,1-2H3;2-3,6,12H,1,4-5H2,(H,13,14). The van der Waals surface area contributed by atoms with Crippen LogP contribution in [0.5, 0.6) is 23.0 Å². The third kappa shape index (κ3) is 10.5. The van der Waals surface area contributed by atoms with Gasteiger partial charge in [0, 0.05) is 38.8 Å². The molecular weight excluding hydrogens is 528 g/mol. The molecule has 16 nitrogen and oxygen atoms in total. The molecule has 3 rings (SSSR count). The maximum atomic E-state index is 11.8. The van der Waals surface area contributed by atoms with E-state index in [0.29, 0.717) is 29.9 Å². The van der Waals surface area contributed by atoms with Gasteiger partial charge in [-0.25, -0.2) is 9.59 Å². The van der Waals surface area contributed by atoms with Crippen molar-refractivity contribution in [3.8, 4) is 23.0 Å². The van der Waals surface area contributed by atoms with Gasteiger partial charge in [0.1, 0.15) is 34.1 Å². The van der Waals surface area contributed by atoms with Gasteiger partial charge in [0.25, 0.3) is 10.2 Å². The van der Waals surface area contributed by atoms with E-state index < -0.39 is 33.6 Å². The van der Waals surface area contributed by atoms with Gasteiger partial charge in [0.15, 0.2) is 0 Å². The minimum Gasteiger partial charge on any atom is -0.507 e. The summed E-state index contributed by atoms with van der Waals surface area (Å²) in [6.45, 7) is 3.55. The highest BCUT2D eigenvalue weighted by atomic mass is 17.0. The Bertz CT molecular complexity index is 1180. The average Bonchev–Trinajstić information content (AvgIpc) is 2.82. The Morgan fingerprint density at radius 2 is 1.44 bits per heavy atom. The number of carboxylic acids is 1. The highest BCUT2D eigenvalue weighted by Gasteiger charge is 2.34. The van der Waals surface area contributed by atoms with Crippen LogP contribution >= 0.6 is 0 Å². The molecule has 0 aromatic heterocycles. The fourth-order valence-corrected chi connectivity index (χ4v) is 2.97. The molecule has 0 bridgehead atoms. The molecule has 0 fully saturated rings. The number of hydrogen-bond acceptors (Lipinski definition) is 13. The summed E-state index contributed by atoms with van der Waals surface area (Å²) in [5.74, 6) is -1.95. The molecule has 0 aliphatic carbocycles. The van der Waals surface area contributed by atoms with Crippen molar-refractivity contribution in [2.75, 3.05) is 26.4 Å². The van der Waals surface area contributed by atoms with E-state index in [-0.39, 0.29) is 37.7 Å². The molecule has 39 heavy (non-hydrogen) atoms. The maximum absolute atomic E-state index is 11.8. The zero-order chi connectivity index (χ0) is 29.0. The van der Waals surface area contributed by atoms with Crippen molar-refractivity contribution < 1.29 is 58.6 Å². The molecule has 0 radical (unpaired) electrons. The number of carboxylic acid groups (broad SMARTS) is 1. The number of cyclic esters (lactones) is 1. The van der Waals surface area contributed by atoms with Crippen LogP contribution in [0.4, 0.5) is 0 Å². The van der Waals surface area contributed by atoms with Crippen LogP contribution in [0.3, 0.4) is 0 Å². The molecule has 1 aliphatic heterocycles. The molecule has 212 valence electrons. The number of carbonyl (C=O) groups excluding carboxylic acids is 1. The van der Waals surface area contributed by atoms with E-state index in [1.807, 2.05) is 0 Å². The van der Waals surface area contributed by atoms with Crippen molar-refractivity contribution >= 4 is 11.9 Å². The van der Waals surface area contributed by atoms with Crippen molar-refractivity contribution in [1.29, 1.82) is 0 Å². The molecule has 0 saturated heterocycles. The molecule has 2 N–H and O–H groups in total. The van der Waals surface area contributed by atoms with Gasteiger partial charge in [0.05, 0.1) is 26.4 Å². The molecule has 2 aromatic carbocycles. The van der Waals surface area contributed by atoms with E-state index in [4.69, 9.17) is 24.1 Å². The molecular formula is C23H26N2O14. The van der Waals surface area contributed by atoms with E-state index in [9.17, 15) is 34.9 Å². The summed E-state index contributed by atoms with van der Waals surface area (Å²) in [5, 5.41) is 36.1. The predicted octanol–water partition coefficient (Wildman–Crippen LogP) is 3.02. The minimum atomic E-state index is -1.24. The molecule has 0 unspecified atom stereocenters. The number of phenols is 1. The molecule has 0 amide bonds. The first-order chi connectivity index (χ1) is 18.4. The Labute approximate surface area is 220 Å². The minimum absolute atomic E-state index is 0.0339. The van der Waals surface area contributed by atoms with E-state index in [1.165, 1.54) is 12.1 Å². The second kappa shape index (κ2) is 14.1. The Kier molecular flexibility index (Phi) is 10.9. The predicted molar refractivity (Wildman–Crippen MR) is 128 cm³/mol. The molecule has 2 aromatic rings. The summed E-state index contributed by atoms with van der Waals surface area (Å²) >= 11 is 0. The monoisotopic (exact) mass is 554 g/mol. The zero-order valence-electron chi connectivity index (χ0n) is 20.9. The number of ether oxygens (including phenoxy) is 4. The van der Waals surface area contributed by atoms with Crippen molar-refractivity contribution in [3.63, 3.8) is 0 Å². The van der Waals surface area contributed by atoms with Gasteiger partial charge < -0.3 is 38.8 Å². The molecule has 16 heteroatoms. The number of fused-ring (bicyclic) bond motifs is 1. The largest absolute Gasteiger partial charge is 0.507 e. The first-order valence-corrected chi connectivity index (χ1v) is 11.3. The lowest BCUT2D eigenvalue weighted by molar-refractivity contribution is -0.757. The van der Waals surface area contributed by atoms with Crippen LogP contribution in [0.25, 0.3) is 0 Å². The Morgan fingerprint density at radius 1 is 0.897 bits per heavy atom. The maximum Gasteiger partial charge on any atom is 0.345 e. The number of aromatic hydroxyl groups is 1. The smallest absolute Gasteiger partial charge is 0.345 e. The van der Waals surface area contributed by atoms with E-state index in [0.717, 1.165) is 6.07 Å². The SMILES string of the molecule is CC1(C)OC(=O)c2ccc(OCCCO[N+](=O)[O-])cc2O1.O=C(O)c1ccc(OCCCO[N+](=O)[O-])cc1O. The van der Waals surface area contributed by atoms with Crippen LogP contribution < -0.4 is 14.2 Å².